The van der Waals surface area contributed by atoms with E-state index in [9.17, 15) is 0 Å². The molecule has 0 amide bonds. The highest BCUT2D eigenvalue weighted by Crippen LogP contribution is 2.07. The summed E-state index contributed by atoms with van der Waals surface area (Å²) in [6.45, 7) is 11.3. The Morgan fingerprint density at radius 1 is 1.13 bits per heavy atom. The van der Waals surface area contributed by atoms with E-state index in [1.807, 2.05) is 0 Å². The van der Waals surface area contributed by atoms with Crippen LogP contribution < -0.4 is 0 Å². The monoisotopic (exact) mass is 243 g/mol. The lowest BCUT2D eigenvalue weighted by atomic mass is 10.2. The standard InChI is InChI=1S/C12H27OSi2/c1-6-7-8-9-10-11-12-14(2)13-15(3,4)5/h11-12H,6-10H2,1-5H3/b12-11+. The molecular formula is C12H27OSi2. The molecule has 0 aliphatic rings. The molecule has 0 heterocycles. The molecule has 0 rings (SSSR count). The van der Waals surface area contributed by atoms with E-state index in [0.717, 1.165) is 0 Å². The molecule has 0 N–H and O–H groups in total. The van der Waals surface area contributed by atoms with Crippen LogP contribution in [0.4, 0.5) is 0 Å². The number of allylic oxidation sites excluding steroid dienone is 1. The first-order chi connectivity index (χ1) is 6.95. The fourth-order valence-corrected chi connectivity index (χ4v) is 6.09. The van der Waals surface area contributed by atoms with Crippen molar-refractivity contribution in [3.63, 3.8) is 0 Å². The summed E-state index contributed by atoms with van der Waals surface area (Å²) in [5.41, 5.74) is 2.31. The number of hydrogen-bond acceptors (Lipinski definition) is 1. The van der Waals surface area contributed by atoms with E-state index < -0.39 is 17.4 Å². The summed E-state index contributed by atoms with van der Waals surface area (Å²) in [7, 11) is -1.97. The van der Waals surface area contributed by atoms with Gasteiger partial charge in [0, 0.05) is 0 Å². The Balaban J connectivity index is 3.50. The van der Waals surface area contributed by atoms with Gasteiger partial charge in [-0.05, 0) is 39.0 Å². The molecular weight excluding hydrogens is 216 g/mol. The zero-order valence-electron chi connectivity index (χ0n) is 11.1. The Labute approximate surface area is 98.8 Å². The molecule has 0 unspecified atom stereocenters. The van der Waals surface area contributed by atoms with Crippen LogP contribution in [-0.4, -0.2) is 17.4 Å². The van der Waals surface area contributed by atoms with Crippen LogP contribution in [0.2, 0.25) is 26.2 Å². The largest absolute Gasteiger partial charge is 0.453 e. The zero-order chi connectivity index (χ0) is 11.7. The Bertz CT molecular complexity index is 173. The lowest BCUT2D eigenvalue weighted by molar-refractivity contribution is 0.587. The van der Waals surface area contributed by atoms with Gasteiger partial charge >= 0.3 is 0 Å². The van der Waals surface area contributed by atoms with Crippen molar-refractivity contribution in [3.05, 3.63) is 11.8 Å². The Morgan fingerprint density at radius 3 is 2.33 bits per heavy atom. The number of rotatable bonds is 8. The molecule has 0 aliphatic heterocycles. The maximum absolute atomic E-state index is 6.02. The fraction of sp³-hybridized carbons (Fsp3) is 0.833. The van der Waals surface area contributed by atoms with Crippen LogP contribution in [0.5, 0.6) is 0 Å². The number of hydrogen-bond donors (Lipinski definition) is 0. The molecule has 0 fully saturated rings. The van der Waals surface area contributed by atoms with Crippen LogP contribution in [0.15, 0.2) is 11.8 Å². The van der Waals surface area contributed by atoms with Gasteiger partial charge in [0.2, 0.25) is 9.04 Å². The average molecular weight is 244 g/mol. The molecule has 0 spiro atoms. The predicted octanol–water partition coefficient (Wildman–Crippen LogP) is 4.53. The van der Waals surface area contributed by atoms with E-state index in [0.29, 0.717) is 0 Å². The summed E-state index contributed by atoms with van der Waals surface area (Å²) in [5, 5.41) is 0. The van der Waals surface area contributed by atoms with Gasteiger partial charge in [0.25, 0.3) is 0 Å². The van der Waals surface area contributed by atoms with Crippen molar-refractivity contribution in [1.82, 2.24) is 0 Å². The first-order valence-electron chi connectivity index (χ1n) is 6.15. The van der Waals surface area contributed by atoms with Crippen molar-refractivity contribution in [2.45, 2.75) is 65.2 Å². The molecule has 0 saturated carbocycles. The Hall–Kier alpha value is 0.134. The predicted molar refractivity (Wildman–Crippen MR) is 73.9 cm³/mol. The van der Waals surface area contributed by atoms with E-state index in [4.69, 9.17) is 4.12 Å². The maximum atomic E-state index is 6.02. The van der Waals surface area contributed by atoms with Crippen LogP contribution in [0.1, 0.15) is 39.0 Å². The van der Waals surface area contributed by atoms with Crippen molar-refractivity contribution >= 4 is 17.4 Å². The molecule has 0 aromatic heterocycles. The maximum Gasteiger partial charge on any atom is 0.223 e. The van der Waals surface area contributed by atoms with Crippen LogP contribution in [0.3, 0.4) is 0 Å². The normalized spacial score (nSPS) is 12.9. The fourth-order valence-electron chi connectivity index (χ4n) is 1.46. The van der Waals surface area contributed by atoms with Crippen molar-refractivity contribution in [2.24, 2.45) is 0 Å². The average Bonchev–Trinajstić information content (AvgIpc) is 2.08. The van der Waals surface area contributed by atoms with Crippen LogP contribution in [-0.2, 0) is 4.12 Å². The first-order valence-corrected chi connectivity index (χ1v) is 11.5. The van der Waals surface area contributed by atoms with Gasteiger partial charge in [0.15, 0.2) is 8.32 Å². The summed E-state index contributed by atoms with van der Waals surface area (Å²) in [6, 6.07) is 0. The molecule has 0 bridgehead atoms. The van der Waals surface area contributed by atoms with Crippen LogP contribution in [0.25, 0.3) is 0 Å². The molecule has 89 valence electrons. The number of unbranched alkanes of at least 4 members (excludes halogenated alkanes) is 4. The van der Waals surface area contributed by atoms with Crippen LogP contribution >= 0.6 is 0 Å². The van der Waals surface area contributed by atoms with E-state index in [1.165, 1.54) is 32.1 Å². The van der Waals surface area contributed by atoms with E-state index >= 15 is 0 Å². The summed E-state index contributed by atoms with van der Waals surface area (Å²) >= 11 is 0. The van der Waals surface area contributed by atoms with Gasteiger partial charge < -0.3 is 4.12 Å². The third-order valence-corrected chi connectivity index (χ3v) is 6.49. The SMILES string of the molecule is CCCCCC/C=C/[Si](C)O[Si](C)(C)C. The molecule has 1 nitrogen and oxygen atoms in total. The van der Waals surface area contributed by atoms with Gasteiger partial charge in [-0.3, -0.25) is 0 Å². The first kappa shape index (κ1) is 15.1. The minimum absolute atomic E-state index is 0.658. The zero-order valence-corrected chi connectivity index (χ0v) is 13.1. The molecule has 0 atom stereocenters. The highest BCUT2D eigenvalue weighted by atomic mass is 28.4. The topological polar surface area (TPSA) is 9.23 Å². The smallest absolute Gasteiger partial charge is 0.223 e. The van der Waals surface area contributed by atoms with Gasteiger partial charge in [0.1, 0.15) is 0 Å². The van der Waals surface area contributed by atoms with Gasteiger partial charge in [-0.1, -0.05) is 38.0 Å². The minimum atomic E-state index is -1.31. The summed E-state index contributed by atoms with van der Waals surface area (Å²) in [6.07, 6.45) is 8.98. The molecule has 0 aromatic rings. The van der Waals surface area contributed by atoms with Crippen molar-refractivity contribution in [1.29, 1.82) is 0 Å². The van der Waals surface area contributed by atoms with Crippen molar-refractivity contribution in [2.75, 3.05) is 0 Å². The van der Waals surface area contributed by atoms with E-state index in [-0.39, 0.29) is 0 Å². The third kappa shape index (κ3) is 12.1. The van der Waals surface area contributed by atoms with Gasteiger partial charge in [-0.25, -0.2) is 0 Å². The van der Waals surface area contributed by atoms with E-state index in [1.54, 1.807) is 0 Å². The summed E-state index contributed by atoms with van der Waals surface area (Å²) in [4.78, 5) is 0. The highest BCUT2D eigenvalue weighted by molar-refractivity contribution is 6.78. The summed E-state index contributed by atoms with van der Waals surface area (Å²) in [5.74, 6) is 0. The third-order valence-electron chi connectivity index (χ3n) is 2.04. The minimum Gasteiger partial charge on any atom is -0.453 e. The molecule has 3 heteroatoms. The van der Waals surface area contributed by atoms with Gasteiger partial charge in [-0.15, -0.1) is 0 Å². The van der Waals surface area contributed by atoms with Gasteiger partial charge in [0.05, 0.1) is 0 Å². The van der Waals surface area contributed by atoms with Crippen LogP contribution in [0, 0.1) is 0 Å². The van der Waals surface area contributed by atoms with Crippen molar-refractivity contribution in [3.8, 4) is 0 Å². The second-order valence-corrected chi connectivity index (χ2v) is 11.7. The lowest BCUT2D eigenvalue weighted by Crippen LogP contribution is -2.32. The molecule has 0 saturated heterocycles. The van der Waals surface area contributed by atoms with Crippen molar-refractivity contribution < 1.29 is 4.12 Å². The summed E-state index contributed by atoms with van der Waals surface area (Å²) < 4.78 is 6.02. The molecule has 0 aliphatic carbocycles. The second-order valence-electron chi connectivity index (χ2n) is 5.08. The quantitative estimate of drug-likeness (QED) is 0.450. The molecule has 15 heavy (non-hydrogen) atoms. The lowest BCUT2D eigenvalue weighted by Gasteiger charge is -2.20. The van der Waals surface area contributed by atoms with Gasteiger partial charge in [-0.2, -0.15) is 0 Å². The molecule has 0 aromatic carbocycles. The Kier molecular flexibility index (Phi) is 8.38. The molecule has 1 radical (unpaired) electrons. The second kappa shape index (κ2) is 8.30. The highest BCUT2D eigenvalue weighted by Gasteiger charge is 2.17. The Morgan fingerprint density at radius 2 is 1.80 bits per heavy atom. The van der Waals surface area contributed by atoms with E-state index in [2.05, 4.69) is 44.9 Å².